The van der Waals surface area contributed by atoms with Gasteiger partial charge in [0.25, 0.3) is 0 Å². The van der Waals surface area contributed by atoms with Gasteiger partial charge in [-0.1, -0.05) is 12.5 Å². The fourth-order valence-electron chi connectivity index (χ4n) is 1.92. The third kappa shape index (κ3) is 0.664. The lowest BCUT2D eigenvalue weighted by Crippen LogP contribution is -2.18. The number of allylic oxidation sites excluding steroid dienone is 4. The van der Waals surface area contributed by atoms with Crippen LogP contribution in [0.1, 0.15) is 26.2 Å². The van der Waals surface area contributed by atoms with Crippen molar-refractivity contribution in [3.05, 3.63) is 23.0 Å². The topological polar surface area (TPSA) is 0 Å². The van der Waals surface area contributed by atoms with Crippen LogP contribution in [0, 0.1) is 5.92 Å². The first-order chi connectivity index (χ1) is 4.79. The molecular formula is C9H11F. The van der Waals surface area contributed by atoms with Gasteiger partial charge in [-0.3, -0.25) is 0 Å². The lowest BCUT2D eigenvalue weighted by molar-refractivity contribution is 0.494. The van der Waals surface area contributed by atoms with Gasteiger partial charge in [-0.05, 0) is 36.8 Å². The summed E-state index contributed by atoms with van der Waals surface area (Å²) in [7, 11) is 0. The maximum absolute atomic E-state index is 12.9. The second kappa shape index (κ2) is 1.94. The van der Waals surface area contributed by atoms with E-state index in [1.54, 1.807) is 6.08 Å². The van der Waals surface area contributed by atoms with Crippen LogP contribution in [-0.2, 0) is 0 Å². The summed E-state index contributed by atoms with van der Waals surface area (Å²) in [6.45, 7) is 2.09. The van der Waals surface area contributed by atoms with Gasteiger partial charge in [-0.15, -0.1) is 0 Å². The quantitative estimate of drug-likeness (QED) is 0.482. The minimum atomic E-state index is 0.0556. The van der Waals surface area contributed by atoms with E-state index in [-0.39, 0.29) is 5.83 Å². The van der Waals surface area contributed by atoms with Gasteiger partial charge < -0.3 is 0 Å². The van der Waals surface area contributed by atoms with Crippen LogP contribution in [0.25, 0.3) is 0 Å². The summed E-state index contributed by atoms with van der Waals surface area (Å²) in [6.07, 6.45) is 4.87. The van der Waals surface area contributed by atoms with Gasteiger partial charge in [0, 0.05) is 0 Å². The van der Waals surface area contributed by atoms with E-state index in [4.69, 9.17) is 0 Å². The molecule has 2 aliphatic carbocycles. The zero-order valence-corrected chi connectivity index (χ0v) is 6.15. The Labute approximate surface area is 60.4 Å². The summed E-state index contributed by atoms with van der Waals surface area (Å²) in [4.78, 5) is 0. The van der Waals surface area contributed by atoms with E-state index >= 15 is 0 Å². The zero-order valence-electron chi connectivity index (χ0n) is 6.15. The highest BCUT2D eigenvalue weighted by atomic mass is 19.1. The molecule has 1 heteroatoms. The predicted molar refractivity (Wildman–Crippen MR) is 39.2 cm³/mol. The number of hydrogen-bond donors (Lipinski definition) is 0. The fourth-order valence-corrected chi connectivity index (χ4v) is 1.92. The van der Waals surface area contributed by atoms with Crippen LogP contribution in [0.15, 0.2) is 23.0 Å². The molecule has 1 atom stereocenters. The molecule has 0 radical (unpaired) electrons. The molecule has 2 aliphatic rings. The van der Waals surface area contributed by atoms with Crippen LogP contribution in [0.4, 0.5) is 4.39 Å². The summed E-state index contributed by atoms with van der Waals surface area (Å²) in [5.41, 5.74) is 2.39. The van der Waals surface area contributed by atoms with E-state index < -0.39 is 0 Å². The zero-order chi connectivity index (χ0) is 7.14. The first-order valence-corrected chi connectivity index (χ1v) is 3.87. The molecule has 54 valence electrons. The van der Waals surface area contributed by atoms with E-state index in [0.717, 1.165) is 24.8 Å². The van der Waals surface area contributed by atoms with E-state index in [9.17, 15) is 4.39 Å². The van der Waals surface area contributed by atoms with Crippen molar-refractivity contribution in [2.45, 2.75) is 26.2 Å². The molecule has 0 saturated carbocycles. The molecule has 10 heavy (non-hydrogen) atoms. The van der Waals surface area contributed by atoms with Gasteiger partial charge in [0.15, 0.2) is 0 Å². The molecule has 0 spiro atoms. The van der Waals surface area contributed by atoms with Gasteiger partial charge in [-0.2, -0.15) is 0 Å². The maximum Gasteiger partial charge on any atom is 0.122 e. The first-order valence-electron chi connectivity index (χ1n) is 3.87. The first kappa shape index (κ1) is 6.14. The molecule has 0 aliphatic heterocycles. The Morgan fingerprint density at radius 2 is 2.40 bits per heavy atom. The lowest BCUT2D eigenvalue weighted by atomic mass is 9.74. The maximum atomic E-state index is 12.9. The van der Waals surface area contributed by atoms with E-state index in [0.29, 0.717) is 5.92 Å². The second-order valence-electron chi connectivity index (χ2n) is 3.21. The third-order valence-electron chi connectivity index (χ3n) is 2.45. The lowest BCUT2D eigenvalue weighted by Gasteiger charge is -2.32. The molecule has 0 aromatic rings. The fraction of sp³-hybridized carbons (Fsp3) is 0.556. The van der Waals surface area contributed by atoms with Crippen LogP contribution >= 0.6 is 0 Å². The number of hydrogen-bond acceptors (Lipinski definition) is 0. The van der Waals surface area contributed by atoms with Crippen molar-refractivity contribution in [1.29, 1.82) is 0 Å². The van der Waals surface area contributed by atoms with Crippen LogP contribution in [-0.4, -0.2) is 0 Å². The van der Waals surface area contributed by atoms with Crippen molar-refractivity contribution in [2.24, 2.45) is 5.92 Å². The van der Waals surface area contributed by atoms with E-state index in [2.05, 4.69) is 6.92 Å². The Balaban J connectivity index is 2.33. The van der Waals surface area contributed by atoms with E-state index in [1.165, 1.54) is 5.57 Å². The average molecular weight is 138 g/mol. The molecular weight excluding hydrogens is 127 g/mol. The molecule has 2 rings (SSSR count). The molecule has 0 aromatic carbocycles. The van der Waals surface area contributed by atoms with Gasteiger partial charge in [0.1, 0.15) is 5.83 Å². The third-order valence-corrected chi connectivity index (χ3v) is 2.45. The monoisotopic (exact) mass is 138 g/mol. The smallest absolute Gasteiger partial charge is 0.122 e. The molecule has 0 aromatic heterocycles. The summed E-state index contributed by atoms with van der Waals surface area (Å²) in [5, 5.41) is 0. The SMILES string of the molecule is CC1CC2=C1C(F)=CCC2. The molecule has 1 unspecified atom stereocenters. The van der Waals surface area contributed by atoms with Crippen molar-refractivity contribution in [3.63, 3.8) is 0 Å². The Morgan fingerprint density at radius 3 is 2.90 bits per heavy atom. The van der Waals surface area contributed by atoms with Crippen molar-refractivity contribution in [1.82, 2.24) is 0 Å². The van der Waals surface area contributed by atoms with Crippen molar-refractivity contribution in [2.75, 3.05) is 0 Å². The summed E-state index contributed by atoms with van der Waals surface area (Å²) in [5.74, 6) is 0.548. The van der Waals surface area contributed by atoms with Crippen LogP contribution in [0.2, 0.25) is 0 Å². The molecule has 0 heterocycles. The van der Waals surface area contributed by atoms with Gasteiger partial charge in [0.05, 0.1) is 0 Å². The Bertz CT molecular complexity index is 223. The summed E-state index contributed by atoms with van der Waals surface area (Å²) >= 11 is 0. The molecule has 0 saturated heterocycles. The molecule has 0 bridgehead atoms. The standard InChI is InChI=1S/C9H11F/c1-6-5-7-3-2-4-8(10)9(6)7/h4,6H,2-3,5H2,1H3. The highest BCUT2D eigenvalue weighted by Crippen LogP contribution is 2.44. The predicted octanol–water partition coefficient (Wildman–Crippen LogP) is 2.97. The van der Waals surface area contributed by atoms with Crippen molar-refractivity contribution >= 4 is 0 Å². The Kier molecular flexibility index (Phi) is 1.19. The van der Waals surface area contributed by atoms with Gasteiger partial charge in [0.2, 0.25) is 0 Å². The van der Waals surface area contributed by atoms with Crippen LogP contribution in [0.3, 0.4) is 0 Å². The van der Waals surface area contributed by atoms with Crippen LogP contribution in [0.5, 0.6) is 0 Å². The second-order valence-corrected chi connectivity index (χ2v) is 3.21. The molecule has 0 nitrogen and oxygen atoms in total. The molecule has 0 N–H and O–H groups in total. The summed E-state index contributed by atoms with van der Waals surface area (Å²) in [6, 6.07) is 0. The molecule has 0 amide bonds. The van der Waals surface area contributed by atoms with Gasteiger partial charge >= 0.3 is 0 Å². The Morgan fingerprint density at radius 1 is 1.60 bits per heavy atom. The molecule has 0 fully saturated rings. The van der Waals surface area contributed by atoms with Crippen molar-refractivity contribution < 1.29 is 4.39 Å². The van der Waals surface area contributed by atoms with Gasteiger partial charge in [-0.25, -0.2) is 4.39 Å². The summed E-state index contributed by atoms with van der Waals surface area (Å²) < 4.78 is 12.9. The largest absolute Gasteiger partial charge is 0.207 e. The highest BCUT2D eigenvalue weighted by molar-refractivity contribution is 5.43. The average Bonchev–Trinajstić information content (AvgIpc) is 1.85. The minimum absolute atomic E-state index is 0.0556. The normalized spacial score (nSPS) is 31.0. The highest BCUT2D eigenvalue weighted by Gasteiger charge is 2.29. The van der Waals surface area contributed by atoms with Crippen molar-refractivity contribution in [3.8, 4) is 0 Å². The number of rotatable bonds is 0. The Hall–Kier alpha value is -0.590. The van der Waals surface area contributed by atoms with E-state index in [1.807, 2.05) is 0 Å². The van der Waals surface area contributed by atoms with Crippen LogP contribution < -0.4 is 0 Å². The minimum Gasteiger partial charge on any atom is -0.207 e. The number of halogens is 1.